The SMILES string of the molecule is C[C@@H](Op1oc2ccc3c(c2c2c4c(ccc2o1)CCCC4)CCCC3)c1ccccc1. The maximum Gasteiger partial charge on any atom is 0.388 e. The minimum absolute atomic E-state index is 0.109. The van der Waals surface area contributed by atoms with Crippen molar-refractivity contribution in [3.05, 3.63) is 82.4 Å². The molecule has 0 bridgehead atoms. The second-order valence-corrected chi connectivity index (χ2v) is 10.2. The van der Waals surface area contributed by atoms with E-state index in [0.717, 1.165) is 42.4 Å². The molecule has 0 fully saturated rings. The minimum Gasteiger partial charge on any atom is -0.399 e. The van der Waals surface area contributed by atoms with Gasteiger partial charge in [-0.2, -0.15) is 0 Å². The molecule has 1 atom stereocenters. The first-order valence-electron chi connectivity index (χ1n) is 12.0. The Labute approximate surface area is 190 Å². The summed E-state index contributed by atoms with van der Waals surface area (Å²) < 4.78 is 19.4. The highest BCUT2D eigenvalue weighted by molar-refractivity contribution is 7.31. The first-order chi connectivity index (χ1) is 15.8. The average molecular weight is 445 g/mol. The molecule has 3 nitrogen and oxygen atoms in total. The molecule has 0 N–H and O–H groups in total. The van der Waals surface area contributed by atoms with E-state index in [1.165, 1.54) is 58.7 Å². The molecule has 164 valence electrons. The fourth-order valence-corrected chi connectivity index (χ4v) is 6.58. The van der Waals surface area contributed by atoms with Crippen molar-refractivity contribution in [3.8, 4) is 0 Å². The molecular weight excluding hydrogens is 415 g/mol. The molecular formula is C28H29O3P. The molecule has 3 aromatic carbocycles. The molecule has 0 saturated carbocycles. The summed E-state index contributed by atoms with van der Waals surface area (Å²) >= 11 is 0. The molecule has 0 radical (unpaired) electrons. The van der Waals surface area contributed by atoms with Crippen LogP contribution in [0.4, 0.5) is 0 Å². The summed E-state index contributed by atoms with van der Waals surface area (Å²) in [5, 5.41) is 2.55. The van der Waals surface area contributed by atoms with Gasteiger partial charge in [0.1, 0.15) is 11.2 Å². The minimum atomic E-state index is -1.56. The van der Waals surface area contributed by atoms with Crippen molar-refractivity contribution in [2.24, 2.45) is 0 Å². The fraction of sp³-hybridized carbons (Fsp3) is 0.357. The van der Waals surface area contributed by atoms with Gasteiger partial charge in [-0.05, 0) is 98.2 Å². The Hall–Kier alpha value is -2.48. The van der Waals surface area contributed by atoms with Crippen LogP contribution in [0.3, 0.4) is 0 Å². The maximum atomic E-state index is 6.51. The standard InChI is InChI=1S/C28H29O3P/c1-19(20-9-3-2-4-10-20)29-32-30-25-17-15-21-11-5-7-13-23(21)27(25)28-24-14-8-6-12-22(24)16-18-26(28)31-32/h2-4,9-10,15-19H,5-8,11-14H2,1H3/t19-/m1/s1. The van der Waals surface area contributed by atoms with Crippen LogP contribution in [0, 0.1) is 0 Å². The summed E-state index contributed by atoms with van der Waals surface area (Å²) in [6.07, 6.45) is 9.46. The van der Waals surface area contributed by atoms with Crippen molar-refractivity contribution >= 4 is 30.2 Å². The van der Waals surface area contributed by atoms with E-state index < -0.39 is 8.24 Å². The monoisotopic (exact) mass is 444 g/mol. The number of fused-ring (bicyclic) bond motifs is 7. The van der Waals surface area contributed by atoms with Crippen molar-refractivity contribution < 1.29 is 12.9 Å². The van der Waals surface area contributed by atoms with Gasteiger partial charge in [0.2, 0.25) is 0 Å². The predicted molar refractivity (Wildman–Crippen MR) is 131 cm³/mol. The van der Waals surface area contributed by atoms with Gasteiger partial charge in [0.15, 0.2) is 0 Å². The Kier molecular flexibility index (Phi) is 5.33. The maximum absolute atomic E-state index is 6.51. The second kappa shape index (κ2) is 8.46. The zero-order valence-corrected chi connectivity index (χ0v) is 19.5. The highest BCUT2D eigenvalue weighted by Crippen LogP contribution is 2.42. The Morgan fingerprint density at radius 1 is 0.688 bits per heavy atom. The van der Waals surface area contributed by atoms with Gasteiger partial charge in [-0.15, -0.1) is 0 Å². The molecule has 32 heavy (non-hydrogen) atoms. The molecule has 1 heterocycles. The molecule has 0 amide bonds. The van der Waals surface area contributed by atoms with E-state index in [0.29, 0.717) is 0 Å². The molecule has 0 aliphatic heterocycles. The van der Waals surface area contributed by atoms with Crippen molar-refractivity contribution in [1.29, 1.82) is 0 Å². The lowest BCUT2D eigenvalue weighted by Crippen LogP contribution is -2.05. The average Bonchev–Trinajstić information content (AvgIpc) is 3.01. The lowest BCUT2D eigenvalue weighted by Gasteiger charge is -2.20. The Balaban J connectivity index is 1.62. The van der Waals surface area contributed by atoms with Crippen molar-refractivity contribution in [3.63, 3.8) is 0 Å². The summed E-state index contributed by atoms with van der Waals surface area (Å²) in [5.74, 6) is 0. The largest absolute Gasteiger partial charge is 0.399 e. The molecule has 6 rings (SSSR count). The molecule has 1 aromatic heterocycles. The highest BCUT2D eigenvalue weighted by Gasteiger charge is 2.22. The third kappa shape index (κ3) is 3.58. The van der Waals surface area contributed by atoms with E-state index in [-0.39, 0.29) is 6.10 Å². The number of hydrogen-bond acceptors (Lipinski definition) is 3. The van der Waals surface area contributed by atoms with E-state index in [2.05, 4.69) is 43.3 Å². The Morgan fingerprint density at radius 3 is 1.78 bits per heavy atom. The van der Waals surface area contributed by atoms with Gasteiger partial charge in [0.25, 0.3) is 0 Å². The topological polar surface area (TPSA) is 35.5 Å². The van der Waals surface area contributed by atoms with Gasteiger partial charge in [0, 0.05) is 10.8 Å². The van der Waals surface area contributed by atoms with Gasteiger partial charge in [0.05, 0.1) is 6.10 Å². The number of hydrogen-bond donors (Lipinski definition) is 0. The van der Waals surface area contributed by atoms with Gasteiger partial charge in [-0.1, -0.05) is 42.5 Å². The van der Waals surface area contributed by atoms with Gasteiger partial charge in [-0.3, -0.25) is 4.52 Å². The van der Waals surface area contributed by atoms with Crippen molar-refractivity contribution in [2.75, 3.05) is 0 Å². The van der Waals surface area contributed by atoms with E-state index >= 15 is 0 Å². The molecule has 2 aliphatic rings. The highest BCUT2D eigenvalue weighted by atomic mass is 31.1. The zero-order valence-electron chi connectivity index (χ0n) is 18.6. The summed E-state index contributed by atoms with van der Waals surface area (Å²) in [6, 6.07) is 19.1. The van der Waals surface area contributed by atoms with E-state index in [9.17, 15) is 0 Å². The van der Waals surface area contributed by atoms with Crippen LogP contribution in [0.25, 0.3) is 21.9 Å². The normalized spacial score (nSPS) is 16.5. The van der Waals surface area contributed by atoms with Crippen LogP contribution in [0.2, 0.25) is 0 Å². The van der Waals surface area contributed by atoms with Gasteiger partial charge < -0.3 is 8.39 Å². The van der Waals surface area contributed by atoms with Crippen LogP contribution in [0.5, 0.6) is 0 Å². The third-order valence-corrected chi connectivity index (χ3v) is 8.28. The Morgan fingerprint density at radius 2 is 1.22 bits per heavy atom. The summed E-state index contributed by atoms with van der Waals surface area (Å²) in [5.41, 5.74) is 8.86. The zero-order chi connectivity index (χ0) is 21.5. The fourth-order valence-electron chi connectivity index (χ4n) is 5.45. The van der Waals surface area contributed by atoms with Crippen LogP contribution in [0.15, 0.2) is 63.0 Å². The second-order valence-electron chi connectivity index (χ2n) is 9.13. The van der Waals surface area contributed by atoms with Gasteiger partial charge in [-0.25, -0.2) is 0 Å². The number of aryl methyl sites for hydroxylation is 4. The van der Waals surface area contributed by atoms with Gasteiger partial charge >= 0.3 is 8.24 Å². The summed E-state index contributed by atoms with van der Waals surface area (Å²) in [7, 11) is -1.56. The third-order valence-electron chi connectivity index (χ3n) is 7.10. The lowest BCUT2D eigenvalue weighted by atomic mass is 9.84. The van der Waals surface area contributed by atoms with Crippen molar-refractivity contribution in [1.82, 2.24) is 0 Å². The quantitative estimate of drug-likeness (QED) is 0.319. The smallest absolute Gasteiger partial charge is 0.388 e. The van der Waals surface area contributed by atoms with Crippen LogP contribution in [0.1, 0.15) is 66.5 Å². The summed E-state index contributed by atoms with van der Waals surface area (Å²) in [6.45, 7) is 2.07. The van der Waals surface area contributed by atoms with Crippen LogP contribution >= 0.6 is 8.24 Å². The van der Waals surface area contributed by atoms with Crippen LogP contribution < -0.4 is 4.52 Å². The molecule has 0 unspecified atom stereocenters. The first kappa shape index (κ1) is 20.1. The van der Waals surface area contributed by atoms with Crippen LogP contribution in [-0.2, 0) is 25.7 Å². The molecule has 4 heteroatoms. The van der Waals surface area contributed by atoms with Crippen LogP contribution in [-0.4, -0.2) is 0 Å². The van der Waals surface area contributed by atoms with E-state index in [1.807, 2.05) is 18.2 Å². The van der Waals surface area contributed by atoms with Crippen molar-refractivity contribution in [2.45, 2.75) is 64.4 Å². The molecule has 0 saturated heterocycles. The molecule has 4 aromatic rings. The predicted octanol–water partition coefficient (Wildman–Crippen LogP) is 8.24. The molecule has 0 spiro atoms. The first-order valence-corrected chi connectivity index (χ1v) is 13.0. The van der Waals surface area contributed by atoms with E-state index in [4.69, 9.17) is 12.9 Å². The number of rotatable bonds is 3. The lowest BCUT2D eigenvalue weighted by molar-refractivity contribution is 0.285. The summed E-state index contributed by atoms with van der Waals surface area (Å²) in [4.78, 5) is 0. The van der Waals surface area contributed by atoms with E-state index in [1.54, 1.807) is 0 Å². The molecule has 2 aliphatic carbocycles. The number of benzene rings is 3. The Bertz CT molecular complexity index is 1240.